The largest absolute Gasteiger partial charge is 0.369 e. The lowest BCUT2D eigenvalue weighted by Crippen LogP contribution is -2.05. The standard InChI is InChI=1S/C14H12Cl2N4/c1-8-2-3-9(6-18-8)7-20-13-5-11(16)10(15)4-12(13)19-14(20)17/h2-6H,7H2,1H3,(H2,17,19). The van der Waals surface area contributed by atoms with E-state index in [1.807, 2.05) is 29.8 Å². The number of aromatic nitrogens is 3. The molecule has 3 aromatic rings. The molecule has 0 aliphatic heterocycles. The molecular formula is C14H12Cl2N4. The van der Waals surface area contributed by atoms with Crippen molar-refractivity contribution in [2.24, 2.45) is 0 Å². The van der Waals surface area contributed by atoms with Crippen LogP contribution in [0.1, 0.15) is 11.3 Å². The summed E-state index contributed by atoms with van der Waals surface area (Å²) in [6.45, 7) is 2.54. The van der Waals surface area contributed by atoms with Gasteiger partial charge in [0.05, 0.1) is 27.6 Å². The fourth-order valence-corrected chi connectivity index (χ4v) is 2.40. The van der Waals surface area contributed by atoms with Gasteiger partial charge in [-0.15, -0.1) is 0 Å². The number of anilines is 1. The molecule has 0 spiro atoms. The fraction of sp³-hybridized carbons (Fsp3) is 0.143. The van der Waals surface area contributed by atoms with E-state index in [0.29, 0.717) is 22.5 Å². The maximum absolute atomic E-state index is 6.07. The second-order valence-electron chi connectivity index (χ2n) is 4.62. The molecule has 0 aliphatic rings. The van der Waals surface area contributed by atoms with Crippen molar-refractivity contribution in [2.75, 3.05) is 5.73 Å². The highest BCUT2D eigenvalue weighted by atomic mass is 35.5. The van der Waals surface area contributed by atoms with Crippen LogP contribution in [0.25, 0.3) is 11.0 Å². The van der Waals surface area contributed by atoms with Crippen molar-refractivity contribution < 1.29 is 0 Å². The Morgan fingerprint density at radius 3 is 2.65 bits per heavy atom. The molecule has 102 valence electrons. The summed E-state index contributed by atoms with van der Waals surface area (Å²) in [4.78, 5) is 8.59. The first kappa shape index (κ1) is 13.2. The molecule has 6 heteroatoms. The van der Waals surface area contributed by atoms with Crippen LogP contribution >= 0.6 is 23.2 Å². The van der Waals surface area contributed by atoms with E-state index in [1.165, 1.54) is 0 Å². The number of pyridine rings is 1. The number of nitrogen functional groups attached to an aromatic ring is 1. The number of halogens is 2. The maximum Gasteiger partial charge on any atom is 0.201 e. The number of nitrogens with zero attached hydrogens (tertiary/aromatic N) is 3. The Balaban J connectivity index is 2.08. The molecule has 2 N–H and O–H groups in total. The number of benzene rings is 1. The number of imidazole rings is 1. The zero-order valence-corrected chi connectivity index (χ0v) is 12.3. The van der Waals surface area contributed by atoms with Crippen LogP contribution in [0.5, 0.6) is 0 Å². The number of rotatable bonds is 2. The average Bonchev–Trinajstić information content (AvgIpc) is 2.69. The highest BCUT2D eigenvalue weighted by Crippen LogP contribution is 2.29. The molecule has 0 unspecified atom stereocenters. The van der Waals surface area contributed by atoms with Gasteiger partial charge in [0.25, 0.3) is 0 Å². The third-order valence-corrected chi connectivity index (χ3v) is 3.86. The Hall–Kier alpha value is -1.78. The summed E-state index contributed by atoms with van der Waals surface area (Å²) in [5.41, 5.74) is 9.60. The minimum atomic E-state index is 0.430. The van der Waals surface area contributed by atoms with Gasteiger partial charge in [-0.05, 0) is 30.7 Å². The second-order valence-corrected chi connectivity index (χ2v) is 5.43. The quantitative estimate of drug-likeness (QED) is 0.786. The maximum atomic E-state index is 6.07. The van der Waals surface area contributed by atoms with Gasteiger partial charge in [0, 0.05) is 11.9 Å². The minimum absolute atomic E-state index is 0.430. The van der Waals surface area contributed by atoms with Crippen molar-refractivity contribution in [3.8, 4) is 0 Å². The van der Waals surface area contributed by atoms with Gasteiger partial charge < -0.3 is 10.3 Å². The van der Waals surface area contributed by atoms with Crippen LogP contribution in [0.4, 0.5) is 5.95 Å². The molecule has 0 aliphatic carbocycles. The highest BCUT2D eigenvalue weighted by molar-refractivity contribution is 6.42. The Morgan fingerprint density at radius 1 is 1.20 bits per heavy atom. The Morgan fingerprint density at radius 2 is 1.95 bits per heavy atom. The van der Waals surface area contributed by atoms with E-state index in [9.17, 15) is 0 Å². The molecule has 0 bridgehead atoms. The van der Waals surface area contributed by atoms with Gasteiger partial charge in [0.2, 0.25) is 5.95 Å². The van der Waals surface area contributed by atoms with Crippen LogP contribution in [-0.4, -0.2) is 14.5 Å². The predicted octanol–water partition coefficient (Wildman–Crippen LogP) is 3.68. The summed E-state index contributed by atoms with van der Waals surface area (Å²) in [6, 6.07) is 7.49. The molecule has 3 rings (SSSR count). The first-order valence-electron chi connectivity index (χ1n) is 6.07. The van der Waals surface area contributed by atoms with Crippen molar-refractivity contribution in [3.05, 3.63) is 51.8 Å². The lowest BCUT2D eigenvalue weighted by atomic mass is 10.2. The van der Waals surface area contributed by atoms with E-state index in [-0.39, 0.29) is 0 Å². The van der Waals surface area contributed by atoms with Crippen molar-refractivity contribution in [1.29, 1.82) is 0 Å². The van der Waals surface area contributed by atoms with E-state index < -0.39 is 0 Å². The van der Waals surface area contributed by atoms with Gasteiger partial charge in [-0.1, -0.05) is 29.3 Å². The van der Waals surface area contributed by atoms with Gasteiger partial charge in [0.15, 0.2) is 0 Å². The molecule has 4 nitrogen and oxygen atoms in total. The van der Waals surface area contributed by atoms with Crippen LogP contribution in [0.2, 0.25) is 10.0 Å². The zero-order valence-electron chi connectivity index (χ0n) is 10.8. The van der Waals surface area contributed by atoms with Gasteiger partial charge in [0.1, 0.15) is 0 Å². The van der Waals surface area contributed by atoms with Crippen molar-refractivity contribution in [2.45, 2.75) is 13.5 Å². The van der Waals surface area contributed by atoms with E-state index in [0.717, 1.165) is 22.3 Å². The number of fused-ring (bicyclic) bond motifs is 1. The fourth-order valence-electron chi connectivity index (χ4n) is 2.08. The second kappa shape index (κ2) is 4.96. The Bertz CT molecular complexity index is 778. The molecule has 2 aromatic heterocycles. The summed E-state index contributed by atoms with van der Waals surface area (Å²) < 4.78 is 1.89. The van der Waals surface area contributed by atoms with E-state index in [1.54, 1.807) is 12.1 Å². The summed E-state index contributed by atoms with van der Waals surface area (Å²) >= 11 is 12.1. The summed E-state index contributed by atoms with van der Waals surface area (Å²) in [5.74, 6) is 0.430. The molecule has 20 heavy (non-hydrogen) atoms. The lowest BCUT2D eigenvalue weighted by Gasteiger charge is -2.07. The van der Waals surface area contributed by atoms with E-state index in [4.69, 9.17) is 28.9 Å². The summed E-state index contributed by atoms with van der Waals surface area (Å²) in [5, 5.41) is 0.961. The minimum Gasteiger partial charge on any atom is -0.369 e. The number of hydrogen-bond acceptors (Lipinski definition) is 3. The normalized spacial score (nSPS) is 11.2. The predicted molar refractivity (Wildman–Crippen MR) is 82.2 cm³/mol. The third-order valence-electron chi connectivity index (χ3n) is 3.13. The molecule has 0 amide bonds. The zero-order chi connectivity index (χ0) is 14.3. The molecular weight excluding hydrogens is 295 g/mol. The van der Waals surface area contributed by atoms with Gasteiger partial charge in [-0.2, -0.15) is 0 Å². The van der Waals surface area contributed by atoms with Gasteiger partial charge in [-0.25, -0.2) is 4.98 Å². The van der Waals surface area contributed by atoms with Crippen LogP contribution in [0.3, 0.4) is 0 Å². The average molecular weight is 307 g/mol. The van der Waals surface area contributed by atoms with Crippen LogP contribution in [0, 0.1) is 6.92 Å². The van der Waals surface area contributed by atoms with Crippen molar-refractivity contribution >= 4 is 40.2 Å². The first-order valence-corrected chi connectivity index (χ1v) is 6.82. The van der Waals surface area contributed by atoms with Crippen molar-refractivity contribution in [1.82, 2.24) is 14.5 Å². The molecule has 0 fully saturated rings. The van der Waals surface area contributed by atoms with Crippen LogP contribution < -0.4 is 5.73 Å². The smallest absolute Gasteiger partial charge is 0.201 e. The lowest BCUT2D eigenvalue weighted by molar-refractivity contribution is 0.832. The third kappa shape index (κ3) is 2.32. The van der Waals surface area contributed by atoms with Gasteiger partial charge in [-0.3, -0.25) is 4.98 Å². The highest BCUT2D eigenvalue weighted by Gasteiger charge is 2.11. The Kier molecular flexibility index (Phi) is 3.28. The van der Waals surface area contributed by atoms with Gasteiger partial charge >= 0.3 is 0 Å². The molecule has 0 saturated carbocycles. The number of aryl methyl sites for hydroxylation is 1. The molecule has 2 heterocycles. The first-order chi connectivity index (χ1) is 9.54. The SMILES string of the molecule is Cc1ccc(Cn2c(N)nc3cc(Cl)c(Cl)cc32)cn1. The van der Waals surface area contributed by atoms with E-state index in [2.05, 4.69) is 9.97 Å². The summed E-state index contributed by atoms with van der Waals surface area (Å²) in [6.07, 6.45) is 1.83. The van der Waals surface area contributed by atoms with E-state index >= 15 is 0 Å². The number of nitrogens with two attached hydrogens (primary N) is 1. The van der Waals surface area contributed by atoms with Crippen LogP contribution in [-0.2, 0) is 6.54 Å². The molecule has 0 saturated heterocycles. The van der Waals surface area contributed by atoms with Crippen molar-refractivity contribution in [3.63, 3.8) is 0 Å². The monoisotopic (exact) mass is 306 g/mol. The Labute approximate surface area is 126 Å². The van der Waals surface area contributed by atoms with Crippen LogP contribution in [0.15, 0.2) is 30.5 Å². The molecule has 1 aromatic carbocycles. The molecule has 0 radical (unpaired) electrons. The molecule has 0 atom stereocenters. The summed E-state index contributed by atoms with van der Waals surface area (Å²) in [7, 11) is 0. The topological polar surface area (TPSA) is 56.7 Å². The number of hydrogen-bond donors (Lipinski definition) is 1.